The lowest BCUT2D eigenvalue weighted by Crippen LogP contribution is -2.39. The zero-order valence-electron chi connectivity index (χ0n) is 17.5. The van der Waals surface area contributed by atoms with Crippen LogP contribution in [0.15, 0.2) is 59.6 Å². The van der Waals surface area contributed by atoms with E-state index in [1.165, 1.54) is 5.52 Å². The van der Waals surface area contributed by atoms with Crippen LogP contribution >= 0.6 is 24.0 Å². The second-order valence-corrected chi connectivity index (χ2v) is 8.43. The first-order valence-corrected chi connectivity index (χ1v) is 11.4. The number of hydrogen-bond acceptors (Lipinski definition) is 3. The number of hydrogen-bond donors (Lipinski definition) is 2. The maximum Gasteiger partial charge on any atom is 0.191 e. The summed E-state index contributed by atoms with van der Waals surface area (Å²) in [7, 11) is 0.865. The minimum atomic E-state index is -0.889. The molecule has 0 spiro atoms. The van der Waals surface area contributed by atoms with Crippen LogP contribution in [0.4, 0.5) is 0 Å². The second-order valence-electron chi connectivity index (χ2n) is 6.85. The lowest BCUT2D eigenvalue weighted by molar-refractivity contribution is 0.625. The number of halogens is 1. The van der Waals surface area contributed by atoms with Crippen LogP contribution in [0.5, 0.6) is 0 Å². The smallest absolute Gasteiger partial charge is 0.191 e. The fraction of sp³-hybridized carbons (Fsp3) is 0.364. The Bertz CT molecular complexity index is 974. The van der Waals surface area contributed by atoms with E-state index in [0.29, 0.717) is 18.1 Å². The predicted molar refractivity (Wildman–Crippen MR) is 137 cm³/mol. The minimum absolute atomic E-state index is 0. The Morgan fingerprint density at radius 2 is 1.77 bits per heavy atom. The number of aliphatic imine (C=N–C) groups is 1. The van der Waals surface area contributed by atoms with Gasteiger partial charge in [0.2, 0.25) is 0 Å². The molecule has 0 aliphatic heterocycles. The van der Waals surface area contributed by atoms with Crippen LogP contribution in [0.25, 0.3) is 11.0 Å². The molecule has 3 aromatic rings. The number of nitrogens with one attached hydrogen (secondary N) is 2. The number of guanidine groups is 1. The summed E-state index contributed by atoms with van der Waals surface area (Å²) in [6.45, 7) is 4.38. The molecular formula is C22H30IN5OS. The number of benzene rings is 2. The van der Waals surface area contributed by atoms with Crippen LogP contribution in [0, 0.1) is 6.92 Å². The molecule has 0 amide bonds. The van der Waals surface area contributed by atoms with Crippen molar-refractivity contribution in [2.24, 2.45) is 4.99 Å². The van der Waals surface area contributed by atoms with Gasteiger partial charge in [0, 0.05) is 49.0 Å². The van der Waals surface area contributed by atoms with Gasteiger partial charge in [0.15, 0.2) is 5.96 Å². The van der Waals surface area contributed by atoms with E-state index in [1.807, 2.05) is 55.5 Å². The molecule has 0 saturated carbocycles. The number of aromatic nitrogens is 2. The molecule has 8 heteroatoms. The Balaban J connectivity index is 0.00000320. The summed E-state index contributed by atoms with van der Waals surface area (Å²) in [5.41, 5.74) is 3.32. The zero-order chi connectivity index (χ0) is 20.5. The van der Waals surface area contributed by atoms with Crippen LogP contribution in [-0.2, 0) is 23.1 Å². The average molecular weight is 539 g/mol. The molecule has 6 nitrogen and oxygen atoms in total. The Kier molecular flexibility index (Phi) is 10.3. The van der Waals surface area contributed by atoms with E-state index < -0.39 is 10.8 Å². The first kappa shape index (κ1) is 24.3. The largest absolute Gasteiger partial charge is 0.356 e. The number of para-hydroxylation sites is 2. The number of imidazole rings is 1. The summed E-state index contributed by atoms with van der Waals surface area (Å²) in [6, 6.07) is 18.2. The van der Waals surface area contributed by atoms with Crippen molar-refractivity contribution in [3.05, 3.63) is 66.0 Å². The molecule has 0 aliphatic carbocycles. The normalized spacial score (nSPS) is 12.4. The topological polar surface area (TPSA) is 71.3 Å². The van der Waals surface area contributed by atoms with E-state index in [9.17, 15) is 4.21 Å². The van der Waals surface area contributed by atoms with E-state index in [0.717, 1.165) is 42.4 Å². The first-order valence-electron chi connectivity index (χ1n) is 9.92. The third kappa shape index (κ3) is 7.09. The molecule has 2 aromatic carbocycles. The van der Waals surface area contributed by atoms with Crippen molar-refractivity contribution in [2.45, 2.75) is 25.6 Å². The summed E-state index contributed by atoms with van der Waals surface area (Å²) in [6.07, 6.45) is 0.960. The van der Waals surface area contributed by atoms with Gasteiger partial charge in [0.05, 0.1) is 11.0 Å². The Morgan fingerprint density at radius 1 is 1.07 bits per heavy atom. The van der Waals surface area contributed by atoms with Crippen molar-refractivity contribution >= 4 is 51.8 Å². The fourth-order valence-corrected chi connectivity index (χ4v) is 4.30. The van der Waals surface area contributed by atoms with Gasteiger partial charge in [-0.05, 0) is 31.0 Å². The molecule has 1 unspecified atom stereocenters. The molecule has 30 heavy (non-hydrogen) atoms. The van der Waals surface area contributed by atoms with Gasteiger partial charge >= 0.3 is 0 Å². The number of fused-ring (bicyclic) bond motifs is 1. The monoisotopic (exact) mass is 539 g/mol. The van der Waals surface area contributed by atoms with Crippen LogP contribution in [0.1, 0.15) is 17.8 Å². The van der Waals surface area contributed by atoms with Gasteiger partial charge < -0.3 is 15.2 Å². The summed E-state index contributed by atoms with van der Waals surface area (Å²) >= 11 is 0. The van der Waals surface area contributed by atoms with Gasteiger partial charge in [0.1, 0.15) is 5.82 Å². The molecule has 162 valence electrons. The highest BCUT2D eigenvalue weighted by atomic mass is 127. The number of aryl methyl sites for hydroxylation is 2. The van der Waals surface area contributed by atoms with Crippen molar-refractivity contribution in [3.63, 3.8) is 0 Å². The Labute approximate surface area is 198 Å². The lowest BCUT2D eigenvalue weighted by Gasteiger charge is -2.12. The van der Waals surface area contributed by atoms with Crippen LogP contribution < -0.4 is 10.6 Å². The molecule has 3 rings (SSSR count). The zero-order valence-corrected chi connectivity index (χ0v) is 20.7. The Hall–Kier alpha value is -1.94. The predicted octanol–water partition coefficient (Wildman–Crippen LogP) is 3.47. The quantitative estimate of drug-likeness (QED) is 0.189. The highest BCUT2D eigenvalue weighted by Gasteiger charge is 2.06. The van der Waals surface area contributed by atoms with Gasteiger partial charge in [0.25, 0.3) is 0 Å². The van der Waals surface area contributed by atoms with Gasteiger partial charge in [-0.1, -0.05) is 42.5 Å². The maximum atomic E-state index is 12.2. The minimum Gasteiger partial charge on any atom is -0.356 e. The third-order valence-corrected chi connectivity index (χ3v) is 6.03. The van der Waals surface area contributed by atoms with Crippen molar-refractivity contribution in [3.8, 4) is 0 Å². The standard InChI is InChI=1S/C22H29N5OS.HI/c1-18-26-20-11-6-7-12-21(20)27(18)15-8-13-24-22(23-2)25-14-16-29(28)17-19-9-4-3-5-10-19;/h3-7,9-12H,8,13-17H2,1-2H3,(H2,23,24,25);1H. The molecule has 0 aliphatic rings. The first-order chi connectivity index (χ1) is 14.2. The van der Waals surface area contributed by atoms with E-state index in [2.05, 4.69) is 31.2 Å². The van der Waals surface area contributed by atoms with Gasteiger partial charge in [-0.15, -0.1) is 24.0 Å². The van der Waals surface area contributed by atoms with E-state index in [-0.39, 0.29) is 24.0 Å². The molecule has 1 heterocycles. The molecule has 1 aromatic heterocycles. The van der Waals surface area contributed by atoms with Crippen molar-refractivity contribution < 1.29 is 4.21 Å². The van der Waals surface area contributed by atoms with Gasteiger partial charge in [-0.3, -0.25) is 9.20 Å². The fourth-order valence-electron chi connectivity index (χ4n) is 3.26. The second kappa shape index (κ2) is 12.7. The van der Waals surface area contributed by atoms with Crippen molar-refractivity contribution in [1.82, 2.24) is 20.2 Å². The average Bonchev–Trinajstić information content (AvgIpc) is 3.05. The van der Waals surface area contributed by atoms with Crippen LogP contribution in [0.2, 0.25) is 0 Å². The summed E-state index contributed by atoms with van der Waals surface area (Å²) < 4.78 is 14.5. The van der Waals surface area contributed by atoms with Gasteiger partial charge in [-0.2, -0.15) is 0 Å². The van der Waals surface area contributed by atoms with E-state index >= 15 is 0 Å². The summed E-state index contributed by atoms with van der Waals surface area (Å²) in [5, 5.41) is 6.58. The molecule has 0 radical (unpaired) electrons. The lowest BCUT2D eigenvalue weighted by atomic mass is 10.2. The summed E-state index contributed by atoms with van der Waals surface area (Å²) in [5.74, 6) is 2.96. The number of nitrogens with zero attached hydrogens (tertiary/aromatic N) is 3. The van der Waals surface area contributed by atoms with Crippen molar-refractivity contribution in [1.29, 1.82) is 0 Å². The Morgan fingerprint density at radius 3 is 2.53 bits per heavy atom. The van der Waals surface area contributed by atoms with Crippen LogP contribution in [0.3, 0.4) is 0 Å². The van der Waals surface area contributed by atoms with E-state index in [1.54, 1.807) is 7.05 Å². The SMILES string of the molecule is CN=C(NCCCn1c(C)nc2ccccc21)NCCS(=O)Cc1ccccc1.I. The maximum absolute atomic E-state index is 12.2. The number of rotatable bonds is 9. The highest BCUT2D eigenvalue weighted by Crippen LogP contribution is 2.15. The summed E-state index contributed by atoms with van der Waals surface area (Å²) in [4.78, 5) is 8.85. The molecule has 0 fully saturated rings. The molecule has 0 saturated heterocycles. The molecule has 0 bridgehead atoms. The molecular weight excluding hydrogens is 509 g/mol. The molecule has 1 atom stereocenters. The molecule has 2 N–H and O–H groups in total. The van der Waals surface area contributed by atoms with Gasteiger partial charge in [-0.25, -0.2) is 4.98 Å². The van der Waals surface area contributed by atoms with Crippen molar-refractivity contribution in [2.75, 3.05) is 25.9 Å². The third-order valence-electron chi connectivity index (χ3n) is 4.71. The van der Waals surface area contributed by atoms with Crippen LogP contribution in [-0.4, -0.2) is 45.6 Å². The van der Waals surface area contributed by atoms with E-state index in [4.69, 9.17) is 0 Å². The highest BCUT2D eigenvalue weighted by molar-refractivity contribution is 14.0.